The van der Waals surface area contributed by atoms with E-state index >= 15 is 0 Å². The minimum Gasteiger partial charge on any atom is -0.316 e. The highest BCUT2D eigenvalue weighted by Gasteiger charge is 2.08. The second kappa shape index (κ2) is 8.08. The van der Waals surface area contributed by atoms with Crippen LogP contribution in [0.2, 0.25) is 5.02 Å². The molecule has 1 unspecified atom stereocenters. The fourth-order valence-electron chi connectivity index (χ4n) is 1.88. The van der Waals surface area contributed by atoms with Crippen LogP contribution in [-0.4, -0.2) is 18.8 Å². The molecule has 0 saturated heterocycles. The number of halogens is 2. The van der Waals surface area contributed by atoms with Gasteiger partial charge in [-0.05, 0) is 55.4 Å². The van der Waals surface area contributed by atoms with E-state index in [1.54, 1.807) is 0 Å². The predicted molar refractivity (Wildman–Crippen MR) is 92.9 cm³/mol. The van der Waals surface area contributed by atoms with Gasteiger partial charge in [0.1, 0.15) is 0 Å². The van der Waals surface area contributed by atoms with Gasteiger partial charge in [0.2, 0.25) is 0 Å². The summed E-state index contributed by atoms with van der Waals surface area (Å²) in [6.45, 7) is 0. The van der Waals surface area contributed by atoms with Crippen LogP contribution < -0.4 is 5.32 Å². The highest BCUT2D eigenvalue weighted by Crippen LogP contribution is 2.22. The Kier molecular flexibility index (Phi) is 6.43. The predicted octanol–water partition coefficient (Wildman–Crippen LogP) is 5.03. The largest absolute Gasteiger partial charge is 0.316 e. The Morgan fingerprint density at radius 1 is 1.10 bits per heavy atom. The third-order valence-corrected chi connectivity index (χ3v) is 5.02. The van der Waals surface area contributed by atoms with Crippen molar-refractivity contribution in [2.75, 3.05) is 12.8 Å². The zero-order chi connectivity index (χ0) is 14.4. The van der Waals surface area contributed by atoms with Crippen LogP contribution in [0.25, 0.3) is 0 Å². The summed E-state index contributed by atoms with van der Waals surface area (Å²) in [5.41, 5.74) is 1.35. The number of hydrogen-bond donors (Lipinski definition) is 1. The van der Waals surface area contributed by atoms with Crippen molar-refractivity contribution >= 4 is 39.3 Å². The summed E-state index contributed by atoms with van der Waals surface area (Å²) in [4.78, 5) is 1.26. The zero-order valence-electron chi connectivity index (χ0n) is 11.3. The lowest BCUT2D eigenvalue weighted by Crippen LogP contribution is -2.30. The Bertz CT molecular complexity index is 527. The first-order valence-electron chi connectivity index (χ1n) is 6.47. The van der Waals surface area contributed by atoms with E-state index in [0.29, 0.717) is 6.04 Å². The van der Waals surface area contributed by atoms with Crippen molar-refractivity contribution in [1.82, 2.24) is 5.32 Å². The molecule has 0 aliphatic rings. The Balaban J connectivity index is 1.88. The van der Waals surface area contributed by atoms with E-state index in [1.807, 2.05) is 30.9 Å². The third-order valence-electron chi connectivity index (χ3n) is 3.07. The molecule has 0 fully saturated rings. The third kappa shape index (κ3) is 5.13. The van der Waals surface area contributed by atoms with Crippen LogP contribution in [0.5, 0.6) is 0 Å². The molecule has 1 N–H and O–H groups in total. The SMILES string of the molecule is CNC(CSc1ccc(Cl)cc1)Cc1ccc(Br)cc1. The van der Waals surface area contributed by atoms with E-state index in [4.69, 9.17) is 11.6 Å². The van der Waals surface area contributed by atoms with Gasteiger partial charge in [-0.15, -0.1) is 11.8 Å². The van der Waals surface area contributed by atoms with Crippen molar-refractivity contribution in [3.8, 4) is 0 Å². The molecular weight excluding hydrogens is 354 g/mol. The number of rotatable bonds is 6. The summed E-state index contributed by atoms with van der Waals surface area (Å²) in [7, 11) is 2.02. The quantitative estimate of drug-likeness (QED) is 0.716. The molecule has 0 saturated carbocycles. The zero-order valence-corrected chi connectivity index (χ0v) is 14.4. The van der Waals surface area contributed by atoms with Gasteiger partial charge < -0.3 is 5.32 Å². The standard InChI is InChI=1S/C16H17BrClNS/c1-19-15(10-12-2-4-13(17)5-3-12)11-20-16-8-6-14(18)7-9-16/h2-9,15,19H,10-11H2,1H3. The minimum absolute atomic E-state index is 0.455. The maximum Gasteiger partial charge on any atom is 0.0406 e. The van der Waals surface area contributed by atoms with E-state index in [9.17, 15) is 0 Å². The number of hydrogen-bond acceptors (Lipinski definition) is 2. The summed E-state index contributed by atoms with van der Waals surface area (Å²) < 4.78 is 1.12. The molecule has 0 spiro atoms. The van der Waals surface area contributed by atoms with E-state index in [1.165, 1.54) is 10.5 Å². The van der Waals surface area contributed by atoms with Crippen LogP contribution in [-0.2, 0) is 6.42 Å². The van der Waals surface area contributed by atoms with Crippen LogP contribution >= 0.6 is 39.3 Å². The lowest BCUT2D eigenvalue weighted by Gasteiger charge is -2.16. The van der Waals surface area contributed by atoms with Gasteiger partial charge in [0.25, 0.3) is 0 Å². The Morgan fingerprint density at radius 3 is 2.35 bits per heavy atom. The molecule has 20 heavy (non-hydrogen) atoms. The van der Waals surface area contributed by atoms with E-state index in [0.717, 1.165) is 21.7 Å². The number of thioether (sulfide) groups is 1. The van der Waals surface area contributed by atoms with Gasteiger partial charge in [-0.3, -0.25) is 0 Å². The number of likely N-dealkylation sites (N-methyl/N-ethyl adjacent to an activating group) is 1. The van der Waals surface area contributed by atoms with Gasteiger partial charge in [-0.2, -0.15) is 0 Å². The van der Waals surface area contributed by atoms with Crippen molar-refractivity contribution in [2.45, 2.75) is 17.4 Å². The first-order valence-corrected chi connectivity index (χ1v) is 8.63. The first kappa shape index (κ1) is 15.9. The normalized spacial score (nSPS) is 12.3. The van der Waals surface area contributed by atoms with E-state index < -0.39 is 0 Å². The number of benzene rings is 2. The van der Waals surface area contributed by atoms with Crippen molar-refractivity contribution in [3.05, 3.63) is 63.6 Å². The molecule has 1 atom stereocenters. The first-order chi connectivity index (χ1) is 9.67. The molecule has 0 aliphatic heterocycles. The van der Waals surface area contributed by atoms with Crippen LogP contribution in [0.1, 0.15) is 5.56 Å². The minimum atomic E-state index is 0.455. The van der Waals surface area contributed by atoms with Crippen LogP contribution in [0.3, 0.4) is 0 Å². The Morgan fingerprint density at radius 2 is 1.75 bits per heavy atom. The van der Waals surface area contributed by atoms with Crippen molar-refractivity contribution in [2.24, 2.45) is 0 Å². The van der Waals surface area contributed by atoms with E-state index in [2.05, 4.69) is 57.6 Å². The fraction of sp³-hybridized carbons (Fsp3) is 0.250. The molecule has 2 aromatic rings. The highest BCUT2D eigenvalue weighted by atomic mass is 79.9. The number of nitrogens with one attached hydrogen (secondary N) is 1. The maximum atomic E-state index is 5.90. The Labute approximate surface area is 138 Å². The maximum absolute atomic E-state index is 5.90. The van der Waals surface area contributed by atoms with Crippen molar-refractivity contribution < 1.29 is 0 Å². The topological polar surface area (TPSA) is 12.0 Å². The summed E-state index contributed by atoms with van der Waals surface area (Å²) in [6, 6.07) is 17.0. The van der Waals surface area contributed by atoms with Crippen LogP contribution in [0, 0.1) is 0 Å². The molecule has 4 heteroatoms. The second-order valence-corrected chi connectivity index (χ2v) is 7.03. The average molecular weight is 371 g/mol. The smallest absolute Gasteiger partial charge is 0.0406 e. The van der Waals surface area contributed by atoms with Crippen LogP contribution in [0.15, 0.2) is 57.9 Å². The summed E-state index contributed by atoms with van der Waals surface area (Å²) >= 11 is 11.2. The van der Waals surface area contributed by atoms with Gasteiger partial charge in [0.15, 0.2) is 0 Å². The average Bonchev–Trinajstić information content (AvgIpc) is 2.47. The molecule has 1 nitrogen and oxygen atoms in total. The fourth-order valence-corrected chi connectivity index (χ4v) is 3.27. The molecule has 0 aliphatic carbocycles. The van der Waals surface area contributed by atoms with Crippen LogP contribution in [0.4, 0.5) is 0 Å². The molecule has 106 valence electrons. The lowest BCUT2D eigenvalue weighted by atomic mass is 10.1. The van der Waals surface area contributed by atoms with Gasteiger partial charge in [-0.1, -0.05) is 39.7 Å². The van der Waals surface area contributed by atoms with Gasteiger partial charge in [-0.25, -0.2) is 0 Å². The second-order valence-electron chi connectivity index (χ2n) is 4.58. The van der Waals surface area contributed by atoms with Crippen molar-refractivity contribution in [3.63, 3.8) is 0 Å². The molecule has 0 amide bonds. The molecule has 0 bridgehead atoms. The van der Waals surface area contributed by atoms with Gasteiger partial charge in [0.05, 0.1) is 0 Å². The summed E-state index contributed by atoms with van der Waals surface area (Å²) in [5, 5.41) is 4.17. The lowest BCUT2D eigenvalue weighted by molar-refractivity contribution is 0.617. The molecule has 2 rings (SSSR count). The summed E-state index contributed by atoms with van der Waals surface area (Å²) in [6.07, 6.45) is 1.03. The molecular formula is C16H17BrClNS. The van der Waals surface area contributed by atoms with Gasteiger partial charge in [0, 0.05) is 26.2 Å². The highest BCUT2D eigenvalue weighted by molar-refractivity contribution is 9.10. The molecule has 0 aromatic heterocycles. The van der Waals surface area contributed by atoms with Gasteiger partial charge >= 0.3 is 0 Å². The molecule has 2 aromatic carbocycles. The molecule has 0 heterocycles. The Hall–Kier alpha value is -0.480. The van der Waals surface area contributed by atoms with Crippen molar-refractivity contribution in [1.29, 1.82) is 0 Å². The van der Waals surface area contributed by atoms with E-state index in [-0.39, 0.29) is 0 Å². The monoisotopic (exact) mass is 369 g/mol. The molecule has 0 radical (unpaired) electrons. The summed E-state index contributed by atoms with van der Waals surface area (Å²) in [5.74, 6) is 1.04.